The molecule has 4 aromatic rings. The summed E-state index contributed by atoms with van der Waals surface area (Å²) in [6.45, 7) is 6.32. The number of aryl methyl sites for hydroxylation is 1. The minimum absolute atomic E-state index is 0.0430. The second-order valence-electron chi connectivity index (χ2n) is 11.3. The third-order valence-corrected chi connectivity index (χ3v) is 7.34. The quantitative estimate of drug-likeness (QED) is 0.0982. The van der Waals surface area contributed by atoms with E-state index in [4.69, 9.17) is 25.9 Å². The predicted molar refractivity (Wildman–Crippen MR) is 181 cm³/mol. The average molecular weight is 643 g/mol. The van der Waals surface area contributed by atoms with E-state index in [0.717, 1.165) is 17.0 Å². The maximum Gasteiger partial charge on any atom is 0.324 e. The van der Waals surface area contributed by atoms with Gasteiger partial charge in [0.1, 0.15) is 23.5 Å². The molecule has 2 aromatic carbocycles. The highest BCUT2D eigenvalue weighted by Gasteiger charge is 2.22. The minimum Gasteiger partial charge on any atom is -0.466 e. The number of pyridine rings is 1. The molecule has 0 saturated heterocycles. The zero-order valence-electron chi connectivity index (χ0n) is 27.2. The molecular formula is C34H42N8O5. The number of carbonyl (C=O) groups is 3. The molecule has 13 heteroatoms. The molecule has 2 heterocycles. The van der Waals surface area contributed by atoms with Crippen molar-refractivity contribution in [2.45, 2.75) is 46.2 Å². The van der Waals surface area contributed by atoms with Gasteiger partial charge in [-0.25, -0.2) is 15.0 Å². The first-order chi connectivity index (χ1) is 22.6. The maximum absolute atomic E-state index is 13.6. The Balaban J connectivity index is 1.40. The van der Waals surface area contributed by atoms with Crippen molar-refractivity contribution in [1.29, 1.82) is 0 Å². The van der Waals surface area contributed by atoms with Gasteiger partial charge < -0.3 is 30.8 Å². The summed E-state index contributed by atoms with van der Waals surface area (Å²) in [5, 5.41) is 3.36. The number of nitrogens with one attached hydrogen (secondary N) is 1. The van der Waals surface area contributed by atoms with Crippen LogP contribution < -0.4 is 21.7 Å². The summed E-state index contributed by atoms with van der Waals surface area (Å²) in [6, 6.07) is 17.3. The Morgan fingerprint density at radius 1 is 1.04 bits per heavy atom. The maximum atomic E-state index is 13.6. The van der Waals surface area contributed by atoms with Gasteiger partial charge in [-0.2, -0.15) is 0 Å². The van der Waals surface area contributed by atoms with E-state index in [2.05, 4.69) is 15.3 Å². The fourth-order valence-electron chi connectivity index (χ4n) is 4.87. The van der Waals surface area contributed by atoms with Gasteiger partial charge in [-0.05, 0) is 73.9 Å². The minimum atomic E-state index is -0.686. The number of rotatable bonds is 15. The highest BCUT2D eigenvalue weighted by atomic mass is 16.5. The van der Waals surface area contributed by atoms with Crippen LogP contribution in [-0.4, -0.2) is 64.1 Å². The van der Waals surface area contributed by atoms with Crippen LogP contribution in [0.3, 0.4) is 0 Å². The van der Waals surface area contributed by atoms with Crippen LogP contribution in [0, 0.1) is 5.92 Å². The molecule has 13 nitrogen and oxygen atoms in total. The molecular weight excluding hydrogens is 600 g/mol. The topological polar surface area (TPSA) is 180 Å². The van der Waals surface area contributed by atoms with Crippen molar-refractivity contribution >= 4 is 46.2 Å². The van der Waals surface area contributed by atoms with E-state index in [1.54, 1.807) is 43.5 Å². The number of imidazole rings is 1. The highest BCUT2D eigenvalue weighted by Crippen LogP contribution is 2.21. The molecule has 2 aromatic heterocycles. The van der Waals surface area contributed by atoms with Gasteiger partial charge in [0.2, 0.25) is 0 Å². The van der Waals surface area contributed by atoms with E-state index in [-0.39, 0.29) is 49.9 Å². The first kappa shape index (κ1) is 34.6. The van der Waals surface area contributed by atoms with Gasteiger partial charge in [0.25, 0.3) is 5.91 Å². The third kappa shape index (κ3) is 9.36. The number of carbonyl (C=O) groups excluding carboxylic acids is 3. The van der Waals surface area contributed by atoms with Crippen LogP contribution in [-0.2, 0) is 32.7 Å². The number of anilines is 2. The molecule has 0 aliphatic rings. The molecule has 1 atom stereocenters. The molecule has 0 aliphatic carbocycles. The van der Waals surface area contributed by atoms with Gasteiger partial charge in [-0.15, -0.1) is 0 Å². The largest absolute Gasteiger partial charge is 0.466 e. The smallest absolute Gasteiger partial charge is 0.324 e. The molecule has 0 fully saturated rings. The van der Waals surface area contributed by atoms with Gasteiger partial charge in [0.05, 0.1) is 30.6 Å². The van der Waals surface area contributed by atoms with Crippen molar-refractivity contribution in [3.8, 4) is 0 Å². The predicted octanol–water partition coefficient (Wildman–Crippen LogP) is 3.76. The first-order valence-corrected chi connectivity index (χ1v) is 15.5. The zero-order valence-corrected chi connectivity index (χ0v) is 27.2. The molecule has 1 amide bonds. The van der Waals surface area contributed by atoms with Crippen molar-refractivity contribution < 1.29 is 23.9 Å². The molecule has 248 valence electrons. The Morgan fingerprint density at radius 3 is 2.47 bits per heavy atom. The summed E-state index contributed by atoms with van der Waals surface area (Å²) < 4.78 is 12.1. The monoisotopic (exact) mass is 642 g/mol. The lowest BCUT2D eigenvalue weighted by atomic mass is 10.1. The molecule has 0 spiro atoms. The summed E-state index contributed by atoms with van der Waals surface area (Å²) in [4.78, 5) is 52.4. The Bertz CT molecular complexity index is 1700. The van der Waals surface area contributed by atoms with Crippen LogP contribution in [0.1, 0.15) is 55.4 Å². The van der Waals surface area contributed by atoms with Crippen molar-refractivity contribution in [2.75, 3.05) is 30.1 Å². The van der Waals surface area contributed by atoms with Crippen molar-refractivity contribution in [1.82, 2.24) is 14.5 Å². The second-order valence-corrected chi connectivity index (χ2v) is 11.3. The number of amides is 1. The van der Waals surface area contributed by atoms with Gasteiger partial charge >= 0.3 is 11.9 Å². The number of nitrogens with two attached hydrogens (primary N) is 2. The number of benzene rings is 2. The number of amidine groups is 1. The Labute approximate surface area is 274 Å². The number of hydrogen-bond acceptors (Lipinski definition) is 10. The number of aromatic nitrogens is 3. The van der Waals surface area contributed by atoms with Gasteiger partial charge in [-0.3, -0.25) is 19.3 Å². The van der Waals surface area contributed by atoms with E-state index in [9.17, 15) is 14.4 Å². The Morgan fingerprint density at radius 2 is 1.79 bits per heavy atom. The number of hydrogen-bond donors (Lipinski definition) is 3. The van der Waals surface area contributed by atoms with E-state index >= 15 is 0 Å². The van der Waals surface area contributed by atoms with E-state index in [1.165, 1.54) is 4.90 Å². The van der Waals surface area contributed by atoms with Crippen molar-refractivity contribution in [3.05, 3.63) is 83.8 Å². The number of ether oxygens (including phenoxy) is 2. The summed E-state index contributed by atoms with van der Waals surface area (Å²) in [6.07, 6.45) is 2.18. The van der Waals surface area contributed by atoms with E-state index in [0.29, 0.717) is 35.4 Å². The zero-order chi connectivity index (χ0) is 33.9. The van der Waals surface area contributed by atoms with Crippen LogP contribution in [0.4, 0.5) is 11.5 Å². The Kier molecular flexibility index (Phi) is 12.0. The molecule has 0 radical (unpaired) electrons. The van der Waals surface area contributed by atoms with E-state index < -0.39 is 12.0 Å². The van der Waals surface area contributed by atoms with Gasteiger partial charge in [0, 0.05) is 36.6 Å². The molecule has 1 unspecified atom stereocenters. The fourth-order valence-corrected chi connectivity index (χ4v) is 4.87. The first-order valence-electron chi connectivity index (χ1n) is 15.5. The SMILES string of the molecule is CCOC(=O)CCN(C(=O)c1ccc2c(c1)nc(CNc1ccc(/C(N)=N/COC(=O)C(N)CC(C)C)cc1)n2C)c1ccccn1. The van der Waals surface area contributed by atoms with Crippen LogP contribution in [0.15, 0.2) is 71.9 Å². The number of fused-ring (bicyclic) bond motifs is 1. The van der Waals surface area contributed by atoms with Crippen LogP contribution in [0.2, 0.25) is 0 Å². The van der Waals surface area contributed by atoms with Crippen LogP contribution in [0.5, 0.6) is 0 Å². The summed E-state index contributed by atoms with van der Waals surface area (Å²) in [7, 11) is 1.91. The summed E-state index contributed by atoms with van der Waals surface area (Å²) >= 11 is 0. The van der Waals surface area contributed by atoms with Crippen molar-refractivity contribution in [2.24, 2.45) is 29.4 Å². The standard InChI is InChI=1S/C34H42N8O5/c1-5-46-31(43)15-17-42(29-8-6-7-16-37-29)33(44)24-11-14-28-27(19-24)40-30(41(28)4)20-38-25-12-9-23(10-13-25)32(36)39-21-47-34(45)26(35)18-22(2)3/h6-14,16,19,22,26,38H,5,15,17-18,20-21,35H2,1-4H3,(H2,36,39). The van der Waals surface area contributed by atoms with Gasteiger partial charge in [-0.1, -0.05) is 19.9 Å². The van der Waals surface area contributed by atoms with E-state index in [1.807, 2.05) is 55.8 Å². The van der Waals surface area contributed by atoms with Gasteiger partial charge in [0.15, 0.2) is 6.73 Å². The normalized spacial score (nSPS) is 12.2. The summed E-state index contributed by atoms with van der Waals surface area (Å²) in [5.41, 5.74) is 15.4. The molecule has 0 saturated carbocycles. The van der Waals surface area contributed by atoms with Crippen LogP contribution >= 0.6 is 0 Å². The third-order valence-electron chi connectivity index (χ3n) is 7.34. The molecule has 5 N–H and O–H groups in total. The molecule has 47 heavy (non-hydrogen) atoms. The fraction of sp³-hybridized carbons (Fsp3) is 0.353. The number of nitrogens with zero attached hydrogens (tertiary/aromatic N) is 5. The lowest BCUT2D eigenvalue weighted by Gasteiger charge is -2.21. The second kappa shape index (κ2) is 16.3. The molecule has 0 aliphatic heterocycles. The molecule has 4 rings (SSSR count). The molecule has 0 bridgehead atoms. The summed E-state index contributed by atoms with van der Waals surface area (Å²) in [5.74, 6) is 0.542. The number of esters is 2. The number of aliphatic imine (C=N–C) groups is 1. The lowest BCUT2D eigenvalue weighted by Crippen LogP contribution is -2.34. The lowest BCUT2D eigenvalue weighted by molar-refractivity contribution is -0.145. The van der Waals surface area contributed by atoms with Crippen molar-refractivity contribution in [3.63, 3.8) is 0 Å². The van der Waals surface area contributed by atoms with Crippen LogP contribution in [0.25, 0.3) is 11.0 Å². The Hall–Kier alpha value is -5.30. The highest BCUT2D eigenvalue weighted by molar-refractivity contribution is 6.07. The average Bonchev–Trinajstić information content (AvgIpc) is 3.38.